The third kappa shape index (κ3) is 5.88. The fourth-order valence-corrected chi connectivity index (χ4v) is 5.87. The molecular weight excluding hydrogens is 532 g/mol. The van der Waals surface area contributed by atoms with Crippen molar-refractivity contribution in [3.63, 3.8) is 0 Å². The predicted octanol–water partition coefficient (Wildman–Crippen LogP) is 6.43. The standard InChI is InChI=1S/C26H21BrN2O3S2/c27-20-15-17-21(18-16-20)29(34(31,32)23-11-5-2-6-12-23)19-26(30)28-24-13-7-8-14-25(24)33-22-9-3-1-4-10-22/h1-18H,19H2,(H,28,30). The van der Waals surface area contributed by atoms with Crippen LogP contribution in [0.5, 0.6) is 0 Å². The van der Waals surface area contributed by atoms with Gasteiger partial charge in [0.05, 0.1) is 16.3 Å². The van der Waals surface area contributed by atoms with E-state index in [2.05, 4.69) is 21.2 Å². The third-order valence-corrected chi connectivity index (χ3v) is 8.27. The molecule has 0 saturated heterocycles. The van der Waals surface area contributed by atoms with Crippen LogP contribution in [0.4, 0.5) is 11.4 Å². The van der Waals surface area contributed by atoms with Crippen molar-refractivity contribution in [3.8, 4) is 0 Å². The SMILES string of the molecule is O=C(CN(c1ccc(Br)cc1)S(=O)(=O)c1ccccc1)Nc1ccccc1Sc1ccccc1. The van der Waals surface area contributed by atoms with E-state index in [1.54, 1.807) is 48.5 Å². The molecule has 0 atom stereocenters. The van der Waals surface area contributed by atoms with E-state index in [9.17, 15) is 13.2 Å². The summed E-state index contributed by atoms with van der Waals surface area (Å²) in [4.78, 5) is 15.1. The number of para-hydroxylation sites is 1. The van der Waals surface area contributed by atoms with Crippen molar-refractivity contribution in [1.29, 1.82) is 0 Å². The monoisotopic (exact) mass is 552 g/mol. The number of nitrogens with zero attached hydrogens (tertiary/aromatic N) is 1. The van der Waals surface area contributed by atoms with Crippen LogP contribution in [0.15, 0.2) is 128 Å². The third-order valence-electron chi connectivity index (χ3n) is 4.87. The zero-order valence-electron chi connectivity index (χ0n) is 18.0. The first-order valence-electron chi connectivity index (χ1n) is 10.4. The van der Waals surface area contributed by atoms with Crippen molar-refractivity contribution in [1.82, 2.24) is 0 Å². The van der Waals surface area contributed by atoms with E-state index < -0.39 is 15.9 Å². The van der Waals surface area contributed by atoms with E-state index in [0.29, 0.717) is 11.4 Å². The normalized spacial score (nSPS) is 11.1. The van der Waals surface area contributed by atoms with E-state index in [4.69, 9.17) is 0 Å². The van der Waals surface area contributed by atoms with E-state index in [0.717, 1.165) is 18.6 Å². The van der Waals surface area contributed by atoms with Gasteiger partial charge < -0.3 is 5.32 Å². The van der Waals surface area contributed by atoms with Crippen LogP contribution in [0.25, 0.3) is 0 Å². The van der Waals surface area contributed by atoms with E-state index in [1.807, 2.05) is 48.5 Å². The second kappa shape index (κ2) is 10.9. The van der Waals surface area contributed by atoms with Crippen LogP contribution in [-0.4, -0.2) is 20.9 Å². The lowest BCUT2D eigenvalue weighted by molar-refractivity contribution is -0.114. The Balaban J connectivity index is 1.60. The molecule has 4 aromatic carbocycles. The summed E-state index contributed by atoms with van der Waals surface area (Å²) >= 11 is 4.89. The quantitative estimate of drug-likeness (QED) is 0.273. The molecule has 0 bridgehead atoms. The summed E-state index contributed by atoms with van der Waals surface area (Å²) in [6.07, 6.45) is 0. The van der Waals surface area contributed by atoms with Gasteiger partial charge in [0.2, 0.25) is 5.91 Å². The number of nitrogens with one attached hydrogen (secondary N) is 1. The number of carbonyl (C=O) groups is 1. The molecule has 4 rings (SSSR count). The first-order chi connectivity index (χ1) is 16.4. The van der Waals surface area contributed by atoms with E-state index in [1.165, 1.54) is 23.9 Å². The van der Waals surface area contributed by atoms with E-state index >= 15 is 0 Å². The minimum absolute atomic E-state index is 0.116. The second-order valence-electron chi connectivity index (χ2n) is 7.26. The van der Waals surface area contributed by atoms with Crippen LogP contribution >= 0.6 is 27.7 Å². The molecule has 4 aromatic rings. The summed E-state index contributed by atoms with van der Waals surface area (Å²) in [5, 5.41) is 2.89. The highest BCUT2D eigenvalue weighted by molar-refractivity contribution is 9.10. The smallest absolute Gasteiger partial charge is 0.264 e. The van der Waals surface area contributed by atoms with Gasteiger partial charge >= 0.3 is 0 Å². The molecule has 172 valence electrons. The maximum atomic E-state index is 13.4. The number of hydrogen-bond acceptors (Lipinski definition) is 4. The first kappa shape index (κ1) is 24.1. The molecule has 5 nitrogen and oxygen atoms in total. The van der Waals surface area contributed by atoms with Gasteiger partial charge in [-0.15, -0.1) is 0 Å². The van der Waals surface area contributed by atoms with Crippen LogP contribution in [0.2, 0.25) is 0 Å². The maximum Gasteiger partial charge on any atom is 0.264 e. The fourth-order valence-electron chi connectivity index (χ4n) is 3.24. The van der Waals surface area contributed by atoms with Gasteiger partial charge in [0.1, 0.15) is 6.54 Å². The van der Waals surface area contributed by atoms with Crippen LogP contribution in [0.1, 0.15) is 0 Å². The van der Waals surface area contributed by atoms with Crippen LogP contribution < -0.4 is 9.62 Å². The van der Waals surface area contributed by atoms with Gasteiger partial charge in [-0.05, 0) is 60.7 Å². The Morgan fingerprint density at radius 2 is 1.38 bits per heavy atom. The molecule has 34 heavy (non-hydrogen) atoms. The van der Waals surface area contributed by atoms with Crippen molar-refractivity contribution >= 4 is 55.0 Å². The highest BCUT2D eigenvalue weighted by Gasteiger charge is 2.27. The van der Waals surface area contributed by atoms with Crippen LogP contribution in [-0.2, 0) is 14.8 Å². The van der Waals surface area contributed by atoms with Gasteiger partial charge in [-0.3, -0.25) is 9.10 Å². The maximum absolute atomic E-state index is 13.4. The molecule has 0 spiro atoms. The number of amides is 1. The lowest BCUT2D eigenvalue weighted by Crippen LogP contribution is -2.38. The predicted molar refractivity (Wildman–Crippen MR) is 141 cm³/mol. The van der Waals surface area contributed by atoms with Crippen molar-refractivity contribution in [2.24, 2.45) is 0 Å². The largest absolute Gasteiger partial charge is 0.323 e. The molecule has 1 N–H and O–H groups in total. The highest BCUT2D eigenvalue weighted by atomic mass is 79.9. The zero-order chi connectivity index (χ0) is 24.0. The van der Waals surface area contributed by atoms with Crippen molar-refractivity contribution in [2.75, 3.05) is 16.2 Å². The average Bonchev–Trinajstić information content (AvgIpc) is 2.85. The number of carbonyl (C=O) groups excluding carboxylic acids is 1. The topological polar surface area (TPSA) is 66.5 Å². The van der Waals surface area contributed by atoms with Gasteiger partial charge in [-0.25, -0.2) is 8.42 Å². The van der Waals surface area contributed by atoms with Crippen molar-refractivity contribution in [2.45, 2.75) is 14.7 Å². The Morgan fingerprint density at radius 1 is 0.794 bits per heavy atom. The fraction of sp³-hybridized carbons (Fsp3) is 0.0385. The minimum atomic E-state index is -3.96. The summed E-state index contributed by atoms with van der Waals surface area (Å²) < 4.78 is 28.8. The summed E-state index contributed by atoms with van der Waals surface area (Å²) in [5.41, 5.74) is 1.02. The van der Waals surface area contributed by atoms with Gasteiger partial charge in [0.25, 0.3) is 10.0 Å². The molecule has 1 amide bonds. The van der Waals surface area contributed by atoms with Crippen molar-refractivity contribution in [3.05, 3.63) is 114 Å². The first-order valence-corrected chi connectivity index (χ1v) is 13.4. The van der Waals surface area contributed by atoms with Gasteiger partial charge in [-0.2, -0.15) is 0 Å². The Morgan fingerprint density at radius 3 is 2.06 bits per heavy atom. The van der Waals surface area contributed by atoms with E-state index in [-0.39, 0.29) is 11.4 Å². The molecule has 0 aliphatic carbocycles. The molecule has 0 aromatic heterocycles. The van der Waals surface area contributed by atoms with Crippen LogP contribution in [0, 0.1) is 0 Å². The molecule has 0 fully saturated rings. The zero-order valence-corrected chi connectivity index (χ0v) is 21.2. The number of halogens is 1. The molecule has 0 unspecified atom stereocenters. The molecule has 0 aliphatic rings. The van der Waals surface area contributed by atoms with Crippen molar-refractivity contribution < 1.29 is 13.2 Å². The molecule has 0 heterocycles. The van der Waals surface area contributed by atoms with Gasteiger partial charge in [0, 0.05) is 14.3 Å². The van der Waals surface area contributed by atoms with Gasteiger partial charge in [0.15, 0.2) is 0 Å². The number of rotatable bonds is 8. The second-order valence-corrected chi connectivity index (χ2v) is 11.2. The summed E-state index contributed by atoms with van der Waals surface area (Å²) in [6, 6.07) is 32.2. The lowest BCUT2D eigenvalue weighted by atomic mass is 10.3. The van der Waals surface area contributed by atoms with Crippen LogP contribution in [0.3, 0.4) is 0 Å². The molecular formula is C26H21BrN2O3S2. The number of anilines is 2. The highest BCUT2D eigenvalue weighted by Crippen LogP contribution is 2.33. The summed E-state index contributed by atoms with van der Waals surface area (Å²) in [7, 11) is -3.96. The molecule has 0 aliphatic heterocycles. The Kier molecular flexibility index (Phi) is 7.72. The summed E-state index contributed by atoms with van der Waals surface area (Å²) in [5.74, 6) is -0.441. The van der Waals surface area contributed by atoms with Gasteiger partial charge in [-0.1, -0.05) is 76.2 Å². The number of benzene rings is 4. The summed E-state index contributed by atoms with van der Waals surface area (Å²) in [6.45, 7) is -0.372. The Labute approximate surface area is 212 Å². The Hall–Kier alpha value is -3.07. The molecule has 0 radical (unpaired) electrons. The average molecular weight is 554 g/mol. The molecule has 0 saturated carbocycles. The molecule has 8 heteroatoms. The minimum Gasteiger partial charge on any atom is -0.323 e. The number of hydrogen-bond donors (Lipinski definition) is 1. The number of sulfonamides is 1. The Bertz CT molecular complexity index is 1360. The lowest BCUT2D eigenvalue weighted by Gasteiger charge is -2.24.